The van der Waals surface area contributed by atoms with Crippen molar-refractivity contribution in [1.82, 2.24) is 9.97 Å². The fourth-order valence-corrected chi connectivity index (χ4v) is 2.26. The van der Waals surface area contributed by atoms with Crippen LogP contribution in [0.5, 0.6) is 0 Å². The number of aromatic nitrogens is 2. The van der Waals surface area contributed by atoms with Crippen LogP contribution in [0.2, 0.25) is 0 Å². The minimum absolute atomic E-state index is 0.300. The molecule has 2 nitrogen and oxygen atoms in total. The quantitative estimate of drug-likeness (QED) is 0.756. The van der Waals surface area contributed by atoms with Crippen molar-refractivity contribution >= 4 is 23.6 Å². The zero-order chi connectivity index (χ0) is 10.1. The maximum Gasteiger partial charge on any atom is 0.197 e. The van der Waals surface area contributed by atoms with Crippen molar-refractivity contribution in [2.75, 3.05) is 0 Å². The molecule has 0 fully saturated rings. The van der Waals surface area contributed by atoms with Crippen molar-refractivity contribution in [3.05, 3.63) is 33.8 Å². The largest absolute Gasteiger partial charge is 0.327 e. The molecule has 0 amide bonds. The lowest BCUT2D eigenvalue weighted by Crippen LogP contribution is -1.91. The van der Waals surface area contributed by atoms with Crippen LogP contribution in [0, 0.1) is 17.5 Å². The highest BCUT2D eigenvalue weighted by atomic mass is 32.1. The second-order valence-electron chi connectivity index (χ2n) is 2.84. The van der Waals surface area contributed by atoms with E-state index in [0.29, 0.717) is 10.5 Å². The minimum Gasteiger partial charge on any atom is -0.327 e. The highest BCUT2D eigenvalue weighted by molar-refractivity contribution is 7.71. The van der Waals surface area contributed by atoms with Gasteiger partial charge in [-0.05, 0) is 36.2 Å². The van der Waals surface area contributed by atoms with Crippen LogP contribution in [0.3, 0.4) is 0 Å². The molecular formula is C9H7FN2S2. The molecule has 2 aromatic rings. The van der Waals surface area contributed by atoms with Crippen molar-refractivity contribution in [3.8, 4) is 10.6 Å². The Morgan fingerprint density at radius 2 is 2.36 bits per heavy atom. The van der Waals surface area contributed by atoms with E-state index < -0.39 is 0 Å². The molecule has 14 heavy (non-hydrogen) atoms. The third-order valence-corrected chi connectivity index (χ3v) is 3.10. The molecule has 0 spiro atoms. The van der Waals surface area contributed by atoms with Gasteiger partial charge in [-0.15, -0.1) is 11.3 Å². The first kappa shape index (κ1) is 9.48. The van der Waals surface area contributed by atoms with Crippen LogP contribution in [0.4, 0.5) is 4.39 Å². The molecule has 2 rings (SSSR count). The molecule has 0 aliphatic carbocycles. The maximum absolute atomic E-state index is 13.4. The molecule has 0 bridgehead atoms. The average molecular weight is 226 g/mol. The average Bonchev–Trinajstić information content (AvgIpc) is 2.56. The Balaban J connectivity index is 2.68. The maximum atomic E-state index is 13.4. The van der Waals surface area contributed by atoms with Crippen molar-refractivity contribution in [2.24, 2.45) is 0 Å². The monoisotopic (exact) mass is 226 g/mol. The second kappa shape index (κ2) is 3.59. The summed E-state index contributed by atoms with van der Waals surface area (Å²) in [5.41, 5.74) is 1.46. The standard InChI is InChI=1S/C9H7FN2S2/c1-5-2-3-14-8(5)7-6(10)4-11-9(13)12-7/h2-4H,1H3,(H,11,12,13). The fraction of sp³-hybridized carbons (Fsp3) is 0.111. The Kier molecular flexibility index (Phi) is 2.43. The molecule has 0 radical (unpaired) electrons. The summed E-state index contributed by atoms with van der Waals surface area (Å²) in [6.07, 6.45) is 1.15. The molecule has 72 valence electrons. The van der Waals surface area contributed by atoms with E-state index >= 15 is 0 Å². The van der Waals surface area contributed by atoms with Crippen LogP contribution in [0.25, 0.3) is 10.6 Å². The van der Waals surface area contributed by atoms with E-state index in [2.05, 4.69) is 9.97 Å². The van der Waals surface area contributed by atoms with Gasteiger partial charge in [-0.3, -0.25) is 0 Å². The van der Waals surface area contributed by atoms with Gasteiger partial charge in [0.05, 0.1) is 16.8 Å². The highest BCUT2D eigenvalue weighted by Crippen LogP contribution is 2.28. The molecule has 0 unspecified atom stereocenters. The normalized spacial score (nSPS) is 10.4. The van der Waals surface area contributed by atoms with Crippen molar-refractivity contribution in [1.29, 1.82) is 0 Å². The lowest BCUT2D eigenvalue weighted by Gasteiger charge is -2.00. The summed E-state index contributed by atoms with van der Waals surface area (Å²) < 4.78 is 13.7. The zero-order valence-corrected chi connectivity index (χ0v) is 9.01. The SMILES string of the molecule is Cc1ccsc1-c1[nH]c(=S)ncc1F. The molecule has 0 aromatic carbocycles. The number of hydrogen-bond donors (Lipinski definition) is 1. The van der Waals surface area contributed by atoms with Crippen LogP contribution in [-0.4, -0.2) is 9.97 Å². The van der Waals surface area contributed by atoms with Crippen LogP contribution in [-0.2, 0) is 0 Å². The number of aryl methyl sites for hydroxylation is 1. The smallest absolute Gasteiger partial charge is 0.197 e. The third kappa shape index (κ3) is 1.60. The number of thiophene rings is 1. The Morgan fingerprint density at radius 3 is 3.00 bits per heavy atom. The van der Waals surface area contributed by atoms with Crippen LogP contribution < -0.4 is 0 Å². The van der Waals surface area contributed by atoms with Crippen LogP contribution in [0.1, 0.15) is 5.56 Å². The van der Waals surface area contributed by atoms with E-state index in [0.717, 1.165) is 16.6 Å². The van der Waals surface area contributed by atoms with Gasteiger partial charge in [0.25, 0.3) is 0 Å². The minimum atomic E-state index is -0.371. The Labute approximate surface area is 89.5 Å². The van der Waals surface area contributed by atoms with Gasteiger partial charge in [-0.25, -0.2) is 9.37 Å². The van der Waals surface area contributed by atoms with Gasteiger partial charge in [0.1, 0.15) is 0 Å². The van der Waals surface area contributed by atoms with Gasteiger partial charge in [0, 0.05) is 0 Å². The van der Waals surface area contributed by atoms with Gasteiger partial charge in [0.15, 0.2) is 10.6 Å². The molecule has 2 heterocycles. The van der Waals surface area contributed by atoms with E-state index in [-0.39, 0.29) is 5.82 Å². The van der Waals surface area contributed by atoms with Gasteiger partial charge < -0.3 is 4.98 Å². The molecule has 0 saturated carbocycles. The Morgan fingerprint density at radius 1 is 1.57 bits per heavy atom. The molecule has 5 heteroatoms. The number of nitrogens with one attached hydrogen (secondary N) is 1. The molecular weight excluding hydrogens is 219 g/mol. The molecule has 2 aromatic heterocycles. The molecule has 0 aliphatic rings. The molecule has 1 N–H and O–H groups in total. The predicted molar refractivity (Wildman–Crippen MR) is 57.4 cm³/mol. The summed E-state index contributed by atoms with van der Waals surface area (Å²) in [5.74, 6) is -0.371. The van der Waals surface area contributed by atoms with Gasteiger partial charge in [0.2, 0.25) is 0 Å². The van der Waals surface area contributed by atoms with E-state index in [4.69, 9.17) is 12.2 Å². The van der Waals surface area contributed by atoms with E-state index in [1.807, 2.05) is 18.4 Å². The highest BCUT2D eigenvalue weighted by Gasteiger charge is 2.09. The van der Waals surface area contributed by atoms with Gasteiger partial charge >= 0.3 is 0 Å². The summed E-state index contributed by atoms with van der Waals surface area (Å²) >= 11 is 6.33. The Hall–Kier alpha value is -1.07. The van der Waals surface area contributed by atoms with Crippen molar-refractivity contribution in [3.63, 3.8) is 0 Å². The van der Waals surface area contributed by atoms with Crippen molar-refractivity contribution in [2.45, 2.75) is 6.92 Å². The van der Waals surface area contributed by atoms with Crippen LogP contribution in [0.15, 0.2) is 17.6 Å². The van der Waals surface area contributed by atoms with Crippen molar-refractivity contribution < 1.29 is 4.39 Å². The summed E-state index contributed by atoms with van der Waals surface area (Å²) in [7, 11) is 0. The van der Waals surface area contributed by atoms with Crippen LogP contribution >= 0.6 is 23.6 Å². The fourth-order valence-electron chi connectivity index (χ4n) is 1.17. The zero-order valence-electron chi connectivity index (χ0n) is 7.37. The number of aromatic amines is 1. The topological polar surface area (TPSA) is 28.7 Å². The number of hydrogen-bond acceptors (Lipinski definition) is 3. The first-order valence-electron chi connectivity index (χ1n) is 3.98. The lowest BCUT2D eigenvalue weighted by molar-refractivity contribution is 0.617. The number of halogens is 1. The summed E-state index contributed by atoms with van der Waals surface area (Å²) in [6, 6.07) is 1.94. The lowest BCUT2D eigenvalue weighted by atomic mass is 10.2. The molecule has 0 aliphatic heterocycles. The summed E-state index contributed by atoms with van der Waals surface area (Å²) in [4.78, 5) is 7.30. The molecule has 0 atom stereocenters. The first-order chi connectivity index (χ1) is 6.68. The van der Waals surface area contributed by atoms with Gasteiger partial charge in [-0.2, -0.15) is 0 Å². The summed E-state index contributed by atoms with van der Waals surface area (Å²) in [5, 5.41) is 1.92. The number of nitrogens with zero attached hydrogens (tertiary/aromatic N) is 1. The first-order valence-corrected chi connectivity index (χ1v) is 5.26. The summed E-state index contributed by atoms with van der Waals surface area (Å²) in [6.45, 7) is 1.93. The second-order valence-corrected chi connectivity index (χ2v) is 4.15. The number of H-pyrrole nitrogens is 1. The predicted octanol–water partition coefficient (Wildman–Crippen LogP) is 3.32. The number of rotatable bonds is 1. The van der Waals surface area contributed by atoms with E-state index in [1.165, 1.54) is 11.3 Å². The molecule has 0 saturated heterocycles. The third-order valence-electron chi connectivity index (χ3n) is 1.86. The Bertz CT molecular complexity index is 516. The van der Waals surface area contributed by atoms with E-state index in [9.17, 15) is 4.39 Å². The van der Waals surface area contributed by atoms with Gasteiger partial charge in [-0.1, -0.05) is 0 Å². The van der Waals surface area contributed by atoms with E-state index in [1.54, 1.807) is 0 Å².